The standard InChI is InChI=1S/C17H27N3O.2ClH/c1-13-3-5-15(6-4-13)16(18)17(21)19-10-7-14-8-11-20(2)12-9-14;;/h3-6,14,16H,7-12,18H2,1-2H3,(H,19,21);2*1H. The second kappa shape index (κ2) is 10.9. The Morgan fingerprint density at radius 1 is 1.26 bits per heavy atom. The number of carbonyl (C=O) groups excluding carboxylic acids is 1. The lowest BCUT2D eigenvalue weighted by atomic mass is 9.94. The third-order valence-corrected chi connectivity index (χ3v) is 4.41. The Morgan fingerprint density at radius 3 is 2.39 bits per heavy atom. The van der Waals surface area contributed by atoms with Gasteiger partial charge in [-0.25, -0.2) is 0 Å². The highest BCUT2D eigenvalue weighted by molar-refractivity contribution is 5.85. The van der Waals surface area contributed by atoms with Gasteiger partial charge in [-0.2, -0.15) is 0 Å². The zero-order chi connectivity index (χ0) is 15.2. The molecule has 6 heteroatoms. The first-order valence-electron chi connectivity index (χ1n) is 7.84. The van der Waals surface area contributed by atoms with Crippen molar-refractivity contribution in [2.45, 2.75) is 32.2 Å². The molecule has 1 atom stereocenters. The highest BCUT2D eigenvalue weighted by Crippen LogP contribution is 2.19. The molecule has 0 aromatic heterocycles. The SMILES string of the molecule is Cc1ccc(C(N)C(=O)NCCC2CCN(C)CC2)cc1.Cl.Cl. The van der Waals surface area contributed by atoms with Gasteiger partial charge in [0.25, 0.3) is 0 Å². The van der Waals surface area contributed by atoms with Crippen molar-refractivity contribution in [1.29, 1.82) is 0 Å². The Balaban J connectivity index is 0.00000242. The van der Waals surface area contributed by atoms with Gasteiger partial charge >= 0.3 is 0 Å². The number of likely N-dealkylation sites (tertiary alicyclic amines) is 1. The highest BCUT2D eigenvalue weighted by Gasteiger charge is 2.18. The topological polar surface area (TPSA) is 58.4 Å². The molecule has 1 fully saturated rings. The van der Waals surface area contributed by atoms with Crippen LogP contribution in [0.25, 0.3) is 0 Å². The van der Waals surface area contributed by atoms with Gasteiger partial charge in [-0.05, 0) is 57.8 Å². The largest absolute Gasteiger partial charge is 0.354 e. The molecule has 0 spiro atoms. The highest BCUT2D eigenvalue weighted by atomic mass is 35.5. The Hall–Kier alpha value is -0.810. The maximum absolute atomic E-state index is 12.1. The zero-order valence-corrected chi connectivity index (χ0v) is 15.6. The molecule has 3 N–H and O–H groups in total. The van der Waals surface area contributed by atoms with Crippen molar-refractivity contribution in [1.82, 2.24) is 10.2 Å². The summed E-state index contributed by atoms with van der Waals surface area (Å²) >= 11 is 0. The normalized spacial score (nSPS) is 16.8. The number of halogens is 2. The molecule has 132 valence electrons. The van der Waals surface area contributed by atoms with E-state index in [-0.39, 0.29) is 30.7 Å². The van der Waals surface area contributed by atoms with Gasteiger partial charge in [-0.1, -0.05) is 29.8 Å². The van der Waals surface area contributed by atoms with Gasteiger partial charge in [-0.3, -0.25) is 4.79 Å². The van der Waals surface area contributed by atoms with Crippen LogP contribution in [0.5, 0.6) is 0 Å². The van der Waals surface area contributed by atoms with Crippen LogP contribution in [0.1, 0.15) is 36.4 Å². The summed E-state index contributed by atoms with van der Waals surface area (Å²) in [5.74, 6) is 0.656. The van der Waals surface area contributed by atoms with Crippen molar-refractivity contribution >= 4 is 30.7 Å². The lowest BCUT2D eigenvalue weighted by Gasteiger charge is -2.29. The van der Waals surface area contributed by atoms with Crippen LogP contribution in [-0.4, -0.2) is 37.5 Å². The first-order valence-corrected chi connectivity index (χ1v) is 7.84. The van der Waals surface area contributed by atoms with Crippen LogP contribution in [0.15, 0.2) is 24.3 Å². The molecule has 1 aliphatic heterocycles. The second-order valence-electron chi connectivity index (χ2n) is 6.21. The summed E-state index contributed by atoms with van der Waals surface area (Å²) in [6, 6.07) is 7.26. The van der Waals surface area contributed by atoms with E-state index < -0.39 is 6.04 Å². The molecule has 1 aromatic rings. The molecule has 1 unspecified atom stereocenters. The fourth-order valence-corrected chi connectivity index (χ4v) is 2.79. The predicted molar refractivity (Wildman–Crippen MR) is 100 cm³/mol. The maximum Gasteiger partial charge on any atom is 0.241 e. The van der Waals surface area contributed by atoms with Crippen molar-refractivity contribution in [3.63, 3.8) is 0 Å². The Kier molecular flexibility index (Phi) is 10.5. The minimum absolute atomic E-state index is 0. The van der Waals surface area contributed by atoms with Crippen LogP contribution < -0.4 is 11.1 Å². The maximum atomic E-state index is 12.1. The fraction of sp³-hybridized carbons (Fsp3) is 0.588. The van der Waals surface area contributed by atoms with Gasteiger partial charge in [0, 0.05) is 6.54 Å². The molecule has 1 aromatic carbocycles. The van der Waals surface area contributed by atoms with E-state index in [2.05, 4.69) is 17.3 Å². The van der Waals surface area contributed by atoms with E-state index in [9.17, 15) is 4.79 Å². The number of carbonyl (C=O) groups is 1. The monoisotopic (exact) mass is 361 g/mol. The number of benzene rings is 1. The summed E-state index contributed by atoms with van der Waals surface area (Å²) in [5, 5.41) is 2.98. The number of amides is 1. The summed E-state index contributed by atoms with van der Waals surface area (Å²) in [7, 11) is 2.17. The van der Waals surface area contributed by atoms with Gasteiger partial charge in [0.05, 0.1) is 0 Å². The number of nitrogens with two attached hydrogens (primary N) is 1. The molecule has 0 aliphatic carbocycles. The third-order valence-electron chi connectivity index (χ3n) is 4.41. The van der Waals surface area contributed by atoms with E-state index in [0.717, 1.165) is 24.4 Å². The van der Waals surface area contributed by atoms with E-state index in [1.54, 1.807) is 0 Å². The molecule has 1 saturated heterocycles. The lowest BCUT2D eigenvalue weighted by Crippen LogP contribution is -2.36. The second-order valence-corrected chi connectivity index (χ2v) is 6.21. The molecule has 0 radical (unpaired) electrons. The van der Waals surface area contributed by atoms with Crippen molar-refractivity contribution in [2.75, 3.05) is 26.7 Å². The minimum Gasteiger partial charge on any atom is -0.354 e. The van der Waals surface area contributed by atoms with E-state index in [0.29, 0.717) is 0 Å². The Bertz CT molecular complexity index is 459. The molecular weight excluding hydrogens is 333 g/mol. The summed E-state index contributed by atoms with van der Waals surface area (Å²) in [6.45, 7) is 5.09. The summed E-state index contributed by atoms with van der Waals surface area (Å²) in [4.78, 5) is 14.4. The zero-order valence-electron chi connectivity index (χ0n) is 14.0. The van der Waals surface area contributed by atoms with Crippen LogP contribution >= 0.6 is 24.8 Å². The Labute approximate surface area is 152 Å². The average Bonchev–Trinajstić information content (AvgIpc) is 2.49. The summed E-state index contributed by atoms with van der Waals surface area (Å²) in [5.41, 5.74) is 8.05. The Morgan fingerprint density at radius 2 is 1.83 bits per heavy atom. The van der Waals surface area contributed by atoms with Crippen LogP contribution in [0, 0.1) is 12.8 Å². The molecule has 1 aliphatic rings. The molecule has 1 heterocycles. The van der Waals surface area contributed by atoms with Crippen LogP contribution in [-0.2, 0) is 4.79 Å². The van der Waals surface area contributed by atoms with Gasteiger partial charge in [0.2, 0.25) is 5.91 Å². The number of hydrogen-bond acceptors (Lipinski definition) is 3. The first-order chi connectivity index (χ1) is 10.1. The van der Waals surface area contributed by atoms with Crippen molar-refractivity contribution in [3.05, 3.63) is 35.4 Å². The summed E-state index contributed by atoms with van der Waals surface area (Å²) < 4.78 is 0. The number of nitrogens with one attached hydrogen (secondary N) is 1. The number of nitrogens with zero attached hydrogens (tertiary/aromatic N) is 1. The van der Waals surface area contributed by atoms with E-state index in [1.807, 2.05) is 31.2 Å². The number of aryl methyl sites for hydroxylation is 1. The first kappa shape index (κ1) is 22.2. The average molecular weight is 362 g/mol. The van der Waals surface area contributed by atoms with Gasteiger partial charge in [-0.15, -0.1) is 24.8 Å². The molecule has 0 saturated carbocycles. The minimum atomic E-state index is -0.567. The van der Waals surface area contributed by atoms with Gasteiger partial charge < -0.3 is 16.0 Å². The molecule has 0 bridgehead atoms. The van der Waals surface area contributed by atoms with Crippen molar-refractivity contribution in [2.24, 2.45) is 11.7 Å². The van der Waals surface area contributed by atoms with Gasteiger partial charge in [0.1, 0.15) is 6.04 Å². The van der Waals surface area contributed by atoms with Crippen LogP contribution in [0.2, 0.25) is 0 Å². The molecule has 4 nitrogen and oxygen atoms in total. The molecule has 1 amide bonds. The lowest BCUT2D eigenvalue weighted by molar-refractivity contribution is -0.122. The van der Waals surface area contributed by atoms with Crippen molar-refractivity contribution in [3.8, 4) is 0 Å². The number of rotatable bonds is 5. The fourth-order valence-electron chi connectivity index (χ4n) is 2.79. The van der Waals surface area contributed by atoms with Crippen LogP contribution in [0.4, 0.5) is 0 Å². The summed E-state index contributed by atoms with van der Waals surface area (Å²) in [6.07, 6.45) is 3.52. The van der Waals surface area contributed by atoms with E-state index in [4.69, 9.17) is 5.73 Å². The molecular formula is C17H29Cl2N3O. The molecule has 2 rings (SSSR count). The van der Waals surface area contributed by atoms with Crippen molar-refractivity contribution < 1.29 is 4.79 Å². The van der Waals surface area contributed by atoms with E-state index in [1.165, 1.54) is 31.5 Å². The number of piperidine rings is 1. The van der Waals surface area contributed by atoms with Gasteiger partial charge in [0.15, 0.2) is 0 Å². The van der Waals surface area contributed by atoms with E-state index >= 15 is 0 Å². The smallest absolute Gasteiger partial charge is 0.241 e. The quantitative estimate of drug-likeness (QED) is 0.847. The predicted octanol–water partition coefficient (Wildman–Crippen LogP) is 2.69. The number of hydrogen-bond donors (Lipinski definition) is 2. The van der Waals surface area contributed by atoms with Crippen LogP contribution in [0.3, 0.4) is 0 Å². The molecule has 23 heavy (non-hydrogen) atoms. The third kappa shape index (κ3) is 7.08.